The first kappa shape index (κ1) is 21.5. The molecule has 166 valence electrons. The second-order valence-electron chi connectivity index (χ2n) is 8.19. The van der Waals surface area contributed by atoms with Crippen LogP contribution in [0.1, 0.15) is 16.8 Å². The molecule has 4 aromatic rings. The van der Waals surface area contributed by atoms with Gasteiger partial charge in [0.2, 0.25) is 5.91 Å². The summed E-state index contributed by atoms with van der Waals surface area (Å²) in [5.41, 5.74) is 7.86. The van der Waals surface area contributed by atoms with E-state index in [0.717, 1.165) is 40.1 Å². The molecule has 6 heteroatoms. The van der Waals surface area contributed by atoms with Gasteiger partial charge in [0.25, 0.3) is 0 Å². The lowest BCUT2D eigenvalue weighted by molar-refractivity contribution is -0.120. The Bertz CT molecular complexity index is 1230. The summed E-state index contributed by atoms with van der Waals surface area (Å²) in [6.07, 6.45) is 1.43. The maximum atomic E-state index is 13.8. The summed E-state index contributed by atoms with van der Waals surface area (Å²) in [6.45, 7) is 1.20. The van der Waals surface area contributed by atoms with Gasteiger partial charge in [-0.2, -0.15) is 0 Å². The molecule has 0 fully saturated rings. The summed E-state index contributed by atoms with van der Waals surface area (Å²) in [7, 11) is 0. The highest BCUT2D eigenvalue weighted by atomic mass is 32.1. The number of benzene rings is 3. The first-order chi connectivity index (χ1) is 16.2. The number of nitrogens with zero attached hydrogens (tertiary/aromatic N) is 2. The average Bonchev–Trinajstić information content (AvgIpc) is 3.52. The predicted octanol–water partition coefficient (Wildman–Crippen LogP) is 5.24. The smallest absolute Gasteiger partial charge is 0.244 e. The molecule has 33 heavy (non-hydrogen) atoms. The van der Waals surface area contributed by atoms with Crippen molar-refractivity contribution < 1.29 is 9.18 Å². The van der Waals surface area contributed by atoms with Gasteiger partial charge in [-0.1, -0.05) is 54.6 Å². The highest BCUT2D eigenvalue weighted by molar-refractivity contribution is 7.07. The van der Waals surface area contributed by atoms with Crippen LogP contribution in [0.2, 0.25) is 0 Å². The number of rotatable bonds is 7. The van der Waals surface area contributed by atoms with E-state index in [2.05, 4.69) is 28.5 Å². The van der Waals surface area contributed by atoms with E-state index < -0.39 is 0 Å². The topological polar surface area (TPSA) is 45.2 Å². The molecular weight excluding hydrogens is 433 g/mol. The highest BCUT2D eigenvalue weighted by Crippen LogP contribution is 2.33. The van der Waals surface area contributed by atoms with Crippen LogP contribution >= 0.6 is 11.3 Å². The number of hydrogen-bond donors (Lipinski definition) is 1. The number of anilines is 1. The molecule has 1 aliphatic heterocycles. The molecule has 0 aliphatic carbocycles. The third-order valence-electron chi connectivity index (χ3n) is 6.02. The molecule has 1 N–H and O–H groups in total. The van der Waals surface area contributed by atoms with E-state index in [9.17, 15) is 9.18 Å². The minimum atomic E-state index is -0.366. The maximum absolute atomic E-state index is 13.8. The van der Waals surface area contributed by atoms with Crippen molar-refractivity contribution in [3.05, 3.63) is 106 Å². The monoisotopic (exact) mass is 457 g/mol. The fourth-order valence-electron chi connectivity index (χ4n) is 4.27. The maximum Gasteiger partial charge on any atom is 0.244 e. The summed E-state index contributed by atoms with van der Waals surface area (Å²) < 4.78 is 13.4. The van der Waals surface area contributed by atoms with Crippen LogP contribution in [0.3, 0.4) is 0 Å². The van der Waals surface area contributed by atoms with Crippen LogP contribution in [0.15, 0.2) is 83.7 Å². The lowest BCUT2D eigenvalue weighted by Crippen LogP contribution is -2.47. The number of fused-ring (bicyclic) bond motifs is 1. The Hall–Kier alpha value is -3.35. The van der Waals surface area contributed by atoms with Crippen LogP contribution in [0.25, 0.3) is 11.1 Å². The summed E-state index contributed by atoms with van der Waals surface area (Å²) in [5.74, 6) is -0.198. The standard InChI is InChI=1S/C27H24FN3OS/c28-23-10-8-20(9-11-23)22-7-6-21-12-13-31(26(21)15-22)27(32)25(14-19-4-2-1-3-5-19)29-16-24-17-33-18-30-24/h1-11,15,17-18,25,29H,12-14,16H2. The van der Waals surface area contributed by atoms with Crippen LogP contribution in [-0.4, -0.2) is 23.5 Å². The molecule has 1 atom stereocenters. The number of carbonyl (C=O) groups excluding carboxylic acids is 1. The third-order valence-corrected chi connectivity index (χ3v) is 6.65. The molecule has 1 unspecified atom stereocenters. The fourth-order valence-corrected chi connectivity index (χ4v) is 4.83. The van der Waals surface area contributed by atoms with E-state index >= 15 is 0 Å². The van der Waals surface area contributed by atoms with Gasteiger partial charge in [0.1, 0.15) is 5.82 Å². The molecule has 2 heterocycles. The van der Waals surface area contributed by atoms with Gasteiger partial charge in [-0.3, -0.25) is 10.1 Å². The Labute approximate surface area is 196 Å². The Balaban J connectivity index is 1.41. The highest BCUT2D eigenvalue weighted by Gasteiger charge is 2.30. The minimum absolute atomic E-state index is 0.0593. The summed E-state index contributed by atoms with van der Waals surface area (Å²) in [4.78, 5) is 20.0. The van der Waals surface area contributed by atoms with Crippen molar-refractivity contribution in [2.45, 2.75) is 25.4 Å². The van der Waals surface area contributed by atoms with Gasteiger partial charge < -0.3 is 4.90 Å². The fraction of sp³-hybridized carbons (Fsp3) is 0.185. The van der Waals surface area contributed by atoms with Gasteiger partial charge in [0, 0.05) is 24.2 Å². The van der Waals surface area contributed by atoms with Crippen molar-refractivity contribution in [1.82, 2.24) is 10.3 Å². The number of amides is 1. The van der Waals surface area contributed by atoms with E-state index in [1.54, 1.807) is 29.0 Å². The average molecular weight is 458 g/mol. The van der Waals surface area contributed by atoms with Crippen molar-refractivity contribution in [2.75, 3.05) is 11.4 Å². The molecular formula is C27H24FN3OS. The largest absolute Gasteiger partial charge is 0.310 e. The second-order valence-corrected chi connectivity index (χ2v) is 8.91. The van der Waals surface area contributed by atoms with E-state index in [0.29, 0.717) is 19.5 Å². The lowest BCUT2D eigenvalue weighted by Gasteiger charge is -2.25. The van der Waals surface area contributed by atoms with Crippen LogP contribution < -0.4 is 10.2 Å². The zero-order valence-electron chi connectivity index (χ0n) is 18.1. The van der Waals surface area contributed by atoms with Gasteiger partial charge >= 0.3 is 0 Å². The molecule has 0 saturated heterocycles. The molecule has 1 aliphatic rings. The van der Waals surface area contributed by atoms with Crippen LogP contribution in [0, 0.1) is 5.82 Å². The third kappa shape index (κ3) is 4.87. The summed E-state index contributed by atoms with van der Waals surface area (Å²) in [5, 5.41) is 5.44. The Morgan fingerprint density at radius 3 is 2.61 bits per heavy atom. The van der Waals surface area contributed by atoms with Crippen molar-refractivity contribution in [1.29, 1.82) is 0 Å². The number of thiazole rings is 1. The summed E-state index contributed by atoms with van der Waals surface area (Å²) in [6, 6.07) is 22.3. The summed E-state index contributed by atoms with van der Waals surface area (Å²) >= 11 is 1.55. The van der Waals surface area contributed by atoms with Crippen LogP contribution in [0.4, 0.5) is 10.1 Å². The van der Waals surface area contributed by atoms with Gasteiger partial charge in [0.05, 0.1) is 17.2 Å². The number of halogens is 1. The predicted molar refractivity (Wildman–Crippen MR) is 131 cm³/mol. The van der Waals surface area contributed by atoms with Crippen molar-refractivity contribution >= 4 is 22.9 Å². The van der Waals surface area contributed by atoms with Crippen LogP contribution in [-0.2, 0) is 24.2 Å². The number of aromatic nitrogens is 1. The van der Waals surface area contributed by atoms with E-state index in [-0.39, 0.29) is 17.8 Å². The first-order valence-corrected chi connectivity index (χ1v) is 12.0. The van der Waals surface area contributed by atoms with Gasteiger partial charge in [0.15, 0.2) is 0 Å². The van der Waals surface area contributed by atoms with Gasteiger partial charge in [-0.05, 0) is 53.3 Å². The van der Waals surface area contributed by atoms with Crippen molar-refractivity contribution in [3.63, 3.8) is 0 Å². The van der Waals surface area contributed by atoms with E-state index in [4.69, 9.17) is 0 Å². The second kappa shape index (κ2) is 9.65. The Morgan fingerprint density at radius 2 is 1.85 bits per heavy atom. The molecule has 0 radical (unpaired) electrons. The minimum Gasteiger partial charge on any atom is -0.310 e. The molecule has 3 aromatic carbocycles. The molecule has 5 rings (SSSR count). The Morgan fingerprint density at radius 1 is 1.06 bits per heavy atom. The molecule has 0 saturated carbocycles. The number of nitrogens with one attached hydrogen (secondary N) is 1. The first-order valence-electron chi connectivity index (χ1n) is 11.0. The van der Waals surface area contributed by atoms with Crippen LogP contribution in [0.5, 0.6) is 0 Å². The van der Waals surface area contributed by atoms with Crippen molar-refractivity contribution in [3.8, 4) is 11.1 Å². The molecule has 0 bridgehead atoms. The SMILES string of the molecule is O=C(C(Cc1ccccc1)NCc1cscn1)N1CCc2ccc(-c3ccc(F)cc3)cc21. The molecule has 0 spiro atoms. The van der Waals surface area contributed by atoms with Gasteiger partial charge in [-0.25, -0.2) is 9.37 Å². The number of hydrogen-bond acceptors (Lipinski definition) is 4. The molecule has 4 nitrogen and oxygen atoms in total. The Kier molecular flexibility index (Phi) is 6.28. The lowest BCUT2D eigenvalue weighted by atomic mass is 10.0. The quantitative estimate of drug-likeness (QED) is 0.413. The number of carbonyl (C=O) groups is 1. The zero-order valence-corrected chi connectivity index (χ0v) is 18.9. The van der Waals surface area contributed by atoms with Gasteiger partial charge in [-0.15, -0.1) is 11.3 Å². The van der Waals surface area contributed by atoms with E-state index in [1.807, 2.05) is 40.6 Å². The zero-order chi connectivity index (χ0) is 22.6. The van der Waals surface area contributed by atoms with E-state index in [1.165, 1.54) is 12.1 Å². The molecule has 1 aromatic heterocycles. The normalized spacial score (nSPS) is 13.7. The molecule has 1 amide bonds. The van der Waals surface area contributed by atoms with Crippen molar-refractivity contribution in [2.24, 2.45) is 0 Å².